The Bertz CT molecular complexity index is 764. The van der Waals surface area contributed by atoms with Crippen molar-refractivity contribution in [2.45, 2.75) is 120 Å². The fourth-order valence-electron chi connectivity index (χ4n) is 11.5. The van der Waals surface area contributed by atoms with Gasteiger partial charge < -0.3 is 0 Å². The summed E-state index contributed by atoms with van der Waals surface area (Å²) in [6, 6.07) is 0. The molecule has 5 saturated carbocycles. The highest BCUT2D eigenvalue weighted by molar-refractivity contribution is 5.85. The maximum Gasteiger partial charge on any atom is 0.138 e. The Morgan fingerprint density at radius 3 is 2.13 bits per heavy atom. The molecule has 0 unspecified atom stereocenters. The standard InChI is InChI=1S/C30H50O/c1-19(2)20-11-14-27(5)17-18-29(7)21(25(20)27)9-10-23-28(6)15-13-24(31)26(3,4)22(28)12-16-30(23,29)8/h19-23,25H,9-18H2,1-8H3/t20-,21+,22+,23+,25+,27+,28+,29+,30+/m0/s1. The van der Waals surface area contributed by atoms with Crippen LogP contribution in [0.15, 0.2) is 0 Å². The fourth-order valence-corrected chi connectivity index (χ4v) is 11.5. The van der Waals surface area contributed by atoms with Gasteiger partial charge in [0.1, 0.15) is 5.78 Å². The average Bonchev–Trinajstić information content (AvgIpc) is 3.04. The molecule has 0 heterocycles. The molecule has 0 N–H and O–H groups in total. The second-order valence-electron chi connectivity index (χ2n) is 14.9. The maximum atomic E-state index is 12.9. The minimum atomic E-state index is -0.120. The van der Waals surface area contributed by atoms with Crippen LogP contribution in [0.1, 0.15) is 120 Å². The van der Waals surface area contributed by atoms with Crippen LogP contribution in [-0.4, -0.2) is 5.78 Å². The summed E-state index contributed by atoms with van der Waals surface area (Å²) in [7, 11) is 0. The third-order valence-electron chi connectivity index (χ3n) is 13.5. The number of fused-ring (bicyclic) bond motifs is 7. The number of rotatable bonds is 1. The first-order chi connectivity index (χ1) is 14.3. The molecular weight excluding hydrogens is 376 g/mol. The van der Waals surface area contributed by atoms with E-state index < -0.39 is 0 Å². The first-order valence-electron chi connectivity index (χ1n) is 13.8. The van der Waals surface area contributed by atoms with Crippen LogP contribution in [0.2, 0.25) is 0 Å². The zero-order chi connectivity index (χ0) is 22.6. The molecule has 5 aliphatic carbocycles. The quantitative estimate of drug-likeness (QED) is 0.412. The number of carbonyl (C=O) groups excluding carboxylic acids is 1. The molecule has 5 aliphatic rings. The summed E-state index contributed by atoms with van der Waals surface area (Å²) >= 11 is 0. The fraction of sp³-hybridized carbons (Fsp3) is 0.967. The van der Waals surface area contributed by atoms with Crippen molar-refractivity contribution in [3.8, 4) is 0 Å². The van der Waals surface area contributed by atoms with Gasteiger partial charge in [-0.2, -0.15) is 0 Å². The van der Waals surface area contributed by atoms with Crippen molar-refractivity contribution in [3.63, 3.8) is 0 Å². The molecule has 0 amide bonds. The van der Waals surface area contributed by atoms with Gasteiger partial charge in [-0.15, -0.1) is 0 Å². The normalized spacial score (nSPS) is 55.9. The van der Waals surface area contributed by atoms with Gasteiger partial charge in [-0.05, 0) is 115 Å². The van der Waals surface area contributed by atoms with E-state index in [1.807, 2.05) is 0 Å². The molecule has 0 aliphatic heterocycles. The number of ketones is 1. The monoisotopic (exact) mass is 426 g/mol. The zero-order valence-corrected chi connectivity index (χ0v) is 21.9. The van der Waals surface area contributed by atoms with Crippen molar-refractivity contribution in [3.05, 3.63) is 0 Å². The minimum Gasteiger partial charge on any atom is -0.299 e. The first kappa shape index (κ1) is 22.5. The van der Waals surface area contributed by atoms with Gasteiger partial charge in [0.2, 0.25) is 0 Å². The SMILES string of the molecule is CC(C)[C@@H]1CC[C@]2(C)CC[C@]3(C)[C@H](CC[C@@H]4[C@]5(C)CCC(=O)C(C)(C)[C@H]5CC[C@]43C)[C@@H]12. The van der Waals surface area contributed by atoms with Gasteiger partial charge in [-0.1, -0.05) is 55.4 Å². The third-order valence-corrected chi connectivity index (χ3v) is 13.5. The minimum absolute atomic E-state index is 0.120. The Hall–Kier alpha value is -0.330. The van der Waals surface area contributed by atoms with E-state index in [9.17, 15) is 4.79 Å². The summed E-state index contributed by atoms with van der Waals surface area (Å²) in [4.78, 5) is 12.9. The molecule has 0 aromatic rings. The first-order valence-corrected chi connectivity index (χ1v) is 13.8. The molecule has 0 saturated heterocycles. The van der Waals surface area contributed by atoms with Crippen molar-refractivity contribution in [1.82, 2.24) is 0 Å². The van der Waals surface area contributed by atoms with Crippen molar-refractivity contribution in [1.29, 1.82) is 0 Å². The van der Waals surface area contributed by atoms with E-state index in [1.165, 1.54) is 51.4 Å². The van der Waals surface area contributed by atoms with Crippen molar-refractivity contribution in [2.75, 3.05) is 0 Å². The average molecular weight is 427 g/mol. The lowest BCUT2D eigenvalue weighted by molar-refractivity contribution is -0.234. The highest BCUT2D eigenvalue weighted by Crippen LogP contribution is 2.77. The molecule has 0 radical (unpaired) electrons. The molecule has 9 atom stereocenters. The number of hydrogen-bond donors (Lipinski definition) is 0. The molecule has 0 aromatic heterocycles. The lowest BCUT2D eigenvalue weighted by Crippen LogP contribution is -2.66. The summed E-state index contributed by atoms with van der Waals surface area (Å²) in [6.07, 6.45) is 13.3. The Morgan fingerprint density at radius 1 is 0.742 bits per heavy atom. The molecule has 0 bridgehead atoms. The molecule has 1 nitrogen and oxygen atoms in total. The Kier molecular flexibility index (Phi) is 4.80. The summed E-state index contributed by atoms with van der Waals surface area (Å²) < 4.78 is 0. The molecule has 5 rings (SSSR count). The van der Waals surface area contributed by atoms with Crippen LogP contribution < -0.4 is 0 Å². The van der Waals surface area contributed by atoms with Crippen molar-refractivity contribution < 1.29 is 4.79 Å². The van der Waals surface area contributed by atoms with Crippen LogP contribution in [0, 0.1) is 62.6 Å². The third kappa shape index (κ3) is 2.65. The van der Waals surface area contributed by atoms with E-state index in [4.69, 9.17) is 0 Å². The van der Waals surface area contributed by atoms with Crippen LogP contribution in [0.5, 0.6) is 0 Å². The Morgan fingerprint density at radius 2 is 1.45 bits per heavy atom. The van der Waals surface area contributed by atoms with Crippen molar-refractivity contribution in [2.24, 2.45) is 62.6 Å². The highest BCUT2D eigenvalue weighted by Gasteiger charge is 2.70. The van der Waals surface area contributed by atoms with Gasteiger partial charge in [-0.3, -0.25) is 4.79 Å². The van der Waals surface area contributed by atoms with Gasteiger partial charge in [0.05, 0.1) is 0 Å². The van der Waals surface area contributed by atoms with Gasteiger partial charge in [0, 0.05) is 11.8 Å². The second kappa shape index (κ2) is 6.63. The van der Waals surface area contributed by atoms with Gasteiger partial charge in [-0.25, -0.2) is 0 Å². The lowest BCUT2D eigenvalue weighted by Gasteiger charge is -2.72. The van der Waals surface area contributed by atoms with Crippen molar-refractivity contribution >= 4 is 5.78 Å². The number of Topliss-reactive ketones (excluding diaryl/α,β-unsaturated/α-hetero) is 1. The largest absolute Gasteiger partial charge is 0.299 e. The predicted octanol–water partition coefficient (Wildman–Crippen LogP) is 8.31. The van der Waals surface area contributed by atoms with E-state index in [0.717, 1.165) is 42.4 Å². The summed E-state index contributed by atoms with van der Waals surface area (Å²) in [6.45, 7) is 20.3. The van der Waals surface area contributed by atoms with E-state index in [-0.39, 0.29) is 5.41 Å². The summed E-state index contributed by atoms with van der Waals surface area (Å²) in [5.41, 5.74) is 1.76. The van der Waals surface area contributed by atoms with E-state index in [1.54, 1.807) is 0 Å². The summed E-state index contributed by atoms with van der Waals surface area (Å²) in [5, 5.41) is 0. The number of hydrogen-bond acceptors (Lipinski definition) is 1. The predicted molar refractivity (Wildman–Crippen MR) is 130 cm³/mol. The second-order valence-corrected chi connectivity index (χ2v) is 14.9. The van der Waals surface area contributed by atoms with E-state index in [2.05, 4.69) is 55.4 Å². The molecule has 5 fully saturated rings. The Labute approximate surface area is 192 Å². The molecule has 0 spiro atoms. The maximum absolute atomic E-state index is 12.9. The molecular formula is C30H50O. The van der Waals surface area contributed by atoms with Crippen LogP contribution >= 0.6 is 0 Å². The Balaban J connectivity index is 1.54. The van der Waals surface area contributed by atoms with Gasteiger partial charge in [0.15, 0.2) is 0 Å². The zero-order valence-electron chi connectivity index (χ0n) is 21.9. The molecule has 0 aromatic carbocycles. The van der Waals surface area contributed by atoms with E-state index >= 15 is 0 Å². The van der Waals surface area contributed by atoms with Crippen LogP contribution in [0.4, 0.5) is 0 Å². The molecule has 31 heavy (non-hydrogen) atoms. The van der Waals surface area contributed by atoms with Crippen LogP contribution in [-0.2, 0) is 4.79 Å². The van der Waals surface area contributed by atoms with E-state index in [0.29, 0.717) is 33.4 Å². The molecule has 1 heteroatoms. The van der Waals surface area contributed by atoms with Crippen LogP contribution in [0.3, 0.4) is 0 Å². The highest BCUT2D eigenvalue weighted by atomic mass is 16.1. The topological polar surface area (TPSA) is 17.1 Å². The smallest absolute Gasteiger partial charge is 0.138 e. The van der Waals surface area contributed by atoms with Crippen LogP contribution in [0.25, 0.3) is 0 Å². The van der Waals surface area contributed by atoms with Gasteiger partial charge in [0.25, 0.3) is 0 Å². The number of carbonyl (C=O) groups is 1. The van der Waals surface area contributed by atoms with Gasteiger partial charge >= 0.3 is 0 Å². The lowest BCUT2D eigenvalue weighted by atomic mass is 9.32. The molecule has 176 valence electrons. The summed E-state index contributed by atoms with van der Waals surface area (Å²) in [5.74, 6) is 5.56.